The molecule has 0 spiro atoms. The fourth-order valence-electron chi connectivity index (χ4n) is 4.09. The van der Waals surface area contributed by atoms with E-state index in [4.69, 9.17) is 0 Å². The molecule has 3 rings (SSSR count). The van der Waals surface area contributed by atoms with Gasteiger partial charge in [-0.25, -0.2) is 0 Å². The highest BCUT2D eigenvalue weighted by Gasteiger charge is 2.25. The molecule has 0 unspecified atom stereocenters. The first-order chi connectivity index (χ1) is 19.1. The lowest BCUT2D eigenvalue weighted by atomic mass is 10.0. The highest BCUT2D eigenvalue weighted by molar-refractivity contribution is 5.95. The fraction of sp³-hybridized carbons (Fsp3) is 0.312. The van der Waals surface area contributed by atoms with E-state index >= 15 is 0 Å². The molecule has 0 bridgehead atoms. The molecule has 3 aromatic rings. The average Bonchev–Trinajstić information content (AvgIpc) is 2.93. The predicted molar refractivity (Wildman–Crippen MR) is 156 cm³/mol. The first-order valence-corrected chi connectivity index (χ1v) is 13.5. The molecule has 0 aliphatic heterocycles. The van der Waals surface area contributed by atoms with Crippen LogP contribution >= 0.6 is 0 Å². The number of rotatable bonds is 12. The molecule has 0 radical (unpaired) electrons. The molecule has 4 N–H and O–H groups in total. The van der Waals surface area contributed by atoms with Crippen molar-refractivity contribution in [1.82, 2.24) is 21.3 Å². The van der Waals surface area contributed by atoms with Crippen LogP contribution < -0.4 is 21.3 Å². The maximum Gasteiger partial charge on any atom is 0.251 e. The maximum absolute atomic E-state index is 13.0. The molecule has 40 heavy (non-hydrogen) atoms. The Morgan fingerprint density at radius 3 is 2.02 bits per heavy atom. The van der Waals surface area contributed by atoms with Gasteiger partial charge in [0.15, 0.2) is 0 Å². The Labute approximate surface area is 236 Å². The van der Waals surface area contributed by atoms with E-state index in [1.54, 1.807) is 6.07 Å². The Bertz CT molecular complexity index is 1290. The lowest BCUT2D eigenvalue weighted by molar-refractivity contribution is -0.132. The number of hydrogen-bond acceptors (Lipinski definition) is 4. The summed E-state index contributed by atoms with van der Waals surface area (Å²) in [6.45, 7) is 5.85. The van der Waals surface area contributed by atoms with E-state index in [1.165, 1.54) is 0 Å². The van der Waals surface area contributed by atoms with Crippen LogP contribution in [0.3, 0.4) is 0 Å². The summed E-state index contributed by atoms with van der Waals surface area (Å²) in [6.07, 6.45) is 0.512. The van der Waals surface area contributed by atoms with Crippen LogP contribution in [-0.4, -0.2) is 48.3 Å². The molecular formula is C32H38N4O4. The second-order valence-corrected chi connectivity index (χ2v) is 10.6. The summed E-state index contributed by atoms with van der Waals surface area (Å²) in [5, 5.41) is 11.1. The molecule has 8 nitrogen and oxygen atoms in total. The molecule has 0 aliphatic carbocycles. The molecule has 4 amide bonds. The second kappa shape index (κ2) is 14.6. The molecule has 0 aliphatic rings. The summed E-state index contributed by atoms with van der Waals surface area (Å²) < 4.78 is 0. The van der Waals surface area contributed by atoms with Gasteiger partial charge >= 0.3 is 0 Å². The van der Waals surface area contributed by atoms with Crippen molar-refractivity contribution in [3.63, 3.8) is 0 Å². The van der Waals surface area contributed by atoms with Gasteiger partial charge < -0.3 is 21.3 Å². The van der Waals surface area contributed by atoms with E-state index in [1.807, 2.05) is 99.6 Å². The van der Waals surface area contributed by atoms with Gasteiger partial charge in [0.25, 0.3) is 5.91 Å². The van der Waals surface area contributed by atoms with Crippen molar-refractivity contribution in [2.75, 3.05) is 13.1 Å². The van der Waals surface area contributed by atoms with Gasteiger partial charge in [-0.15, -0.1) is 0 Å². The van der Waals surface area contributed by atoms with Crippen LogP contribution in [0.5, 0.6) is 0 Å². The molecule has 0 aromatic heterocycles. The molecule has 0 fully saturated rings. The normalized spacial score (nSPS) is 11.7. The molecular weight excluding hydrogens is 504 g/mol. The monoisotopic (exact) mass is 542 g/mol. The first kappa shape index (κ1) is 30.1. The number of hydrogen-bond donors (Lipinski definition) is 4. The summed E-state index contributed by atoms with van der Waals surface area (Å²) in [5.74, 6) is -1.42. The SMILES string of the molecule is CC(C)(C)NC(=O)C[C@H](NC(=O)CCc1ccccc1)C(=O)NCCNC(=O)c1cccc(-c2ccccc2)c1. The maximum atomic E-state index is 13.0. The Kier molecular flexibility index (Phi) is 11.0. The number of carbonyl (C=O) groups excluding carboxylic acids is 4. The minimum absolute atomic E-state index is 0.139. The van der Waals surface area contributed by atoms with Crippen LogP contribution in [0.2, 0.25) is 0 Å². The third-order valence-electron chi connectivity index (χ3n) is 5.98. The molecule has 0 saturated carbocycles. The van der Waals surface area contributed by atoms with Crippen molar-refractivity contribution < 1.29 is 19.2 Å². The predicted octanol–water partition coefficient (Wildman–Crippen LogP) is 3.62. The van der Waals surface area contributed by atoms with Crippen LogP contribution in [0.4, 0.5) is 0 Å². The molecule has 1 atom stereocenters. The van der Waals surface area contributed by atoms with Gasteiger partial charge in [-0.2, -0.15) is 0 Å². The van der Waals surface area contributed by atoms with Gasteiger partial charge in [-0.1, -0.05) is 72.8 Å². The molecule has 210 valence electrons. The lowest BCUT2D eigenvalue weighted by Gasteiger charge is -2.23. The van der Waals surface area contributed by atoms with Crippen LogP contribution in [0, 0.1) is 0 Å². The van der Waals surface area contributed by atoms with Crippen molar-refractivity contribution in [3.8, 4) is 11.1 Å². The summed E-state index contributed by atoms with van der Waals surface area (Å²) in [5.41, 5.74) is 2.99. The topological polar surface area (TPSA) is 116 Å². The van der Waals surface area contributed by atoms with Gasteiger partial charge in [-0.3, -0.25) is 19.2 Å². The van der Waals surface area contributed by atoms with E-state index in [0.717, 1.165) is 16.7 Å². The van der Waals surface area contributed by atoms with Crippen LogP contribution in [0.25, 0.3) is 11.1 Å². The number of amides is 4. The number of benzene rings is 3. The van der Waals surface area contributed by atoms with Gasteiger partial charge in [0.1, 0.15) is 6.04 Å². The first-order valence-electron chi connectivity index (χ1n) is 13.5. The second-order valence-electron chi connectivity index (χ2n) is 10.6. The minimum Gasteiger partial charge on any atom is -0.353 e. The zero-order chi connectivity index (χ0) is 29.0. The van der Waals surface area contributed by atoms with Crippen molar-refractivity contribution in [3.05, 3.63) is 96.1 Å². The van der Waals surface area contributed by atoms with Crippen molar-refractivity contribution in [2.45, 2.75) is 51.6 Å². The lowest BCUT2D eigenvalue weighted by Crippen LogP contribution is -2.51. The molecule has 0 heterocycles. The highest BCUT2D eigenvalue weighted by Crippen LogP contribution is 2.19. The van der Waals surface area contributed by atoms with E-state index in [2.05, 4.69) is 21.3 Å². The largest absolute Gasteiger partial charge is 0.353 e. The average molecular weight is 543 g/mol. The Morgan fingerprint density at radius 1 is 0.725 bits per heavy atom. The zero-order valence-corrected chi connectivity index (χ0v) is 23.3. The van der Waals surface area contributed by atoms with E-state index in [0.29, 0.717) is 12.0 Å². The zero-order valence-electron chi connectivity index (χ0n) is 23.3. The van der Waals surface area contributed by atoms with Crippen molar-refractivity contribution in [2.24, 2.45) is 0 Å². The number of carbonyl (C=O) groups is 4. The fourth-order valence-corrected chi connectivity index (χ4v) is 4.09. The third kappa shape index (κ3) is 10.4. The van der Waals surface area contributed by atoms with Gasteiger partial charge in [0, 0.05) is 30.6 Å². The minimum atomic E-state index is -1.04. The quantitative estimate of drug-likeness (QED) is 0.262. The van der Waals surface area contributed by atoms with Crippen LogP contribution in [-0.2, 0) is 20.8 Å². The van der Waals surface area contributed by atoms with Crippen molar-refractivity contribution in [1.29, 1.82) is 0 Å². The van der Waals surface area contributed by atoms with Crippen molar-refractivity contribution >= 4 is 23.6 Å². The summed E-state index contributed by atoms with van der Waals surface area (Å²) in [7, 11) is 0. The number of aryl methyl sites for hydroxylation is 1. The van der Waals surface area contributed by atoms with E-state index in [-0.39, 0.29) is 43.7 Å². The van der Waals surface area contributed by atoms with Crippen LogP contribution in [0.1, 0.15) is 49.5 Å². The smallest absolute Gasteiger partial charge is 0.251 e. The van der Waals surface area contributed by atoms with Gasteiger partial charge in [-0.05, 0) is 56.0 Å². The van der Waals surface area contributed by atoms with Crippen LogP contribution in [0.15, 0.2) is 84.9 Å². The Morgan fingerprint density at radius 2 is 1.35 bits per heavy atom. The van der Waals surface area contributed by atoms with E-state index < -0.39 is 17.5 Å². The number of nitrogens with one attached hydrogen (secondary N) is 4. The third-order valence-corrected chi connectivity index (χ3v) is 5.98. The van der Waals surface area contributed by atoms with Gasteiger partial charge in [0.05, 0.1) is 6.42 Å². The molecule has 0 saturated heterocycles. The Hall–Kier alpha value is -4.46. The summed E-state index contributed by atoms with van der Waals surface area (Å²) >= 11 is 0. The molecule has 8 heteroatoms. The summed E-state index contributed by atoms with van der Waals surface area (Å²) in [6, 6.07) is 25.6. The standard InChI is InChI=1S/C32H38N4O4/c1-32(2,3)36-29(38)22-27(35-28(37)18-17-23-11-6-4-7-12-23)31(40)34-20-19-33-30(39)26-16-10-15-25(21-26)24-13-8-5-9-14-24/h4-16,21,27H,17-20,22H2,1-3H3,(H,33,39)(H,34,40)(H,35,37)(H,36,38)/t27-/m0/s1. The highest BCUT2D eigenvalue weighted by atomic mass is 16.2. The van der Waals surface area contributed by atoms with E-state index in [9.17, 15) is 19.2 Å². The van der Waals surface area contributed by atoms with Gasteiger partial charge in [0.2, 0.25) is 17.7 Å². The molecule has 3 aromatic carbocycles. The summed E-state index contributed by atoms with van der Waals surface area (Å²) in [4.78, 5) is 50.8. The Balaban J connectivity index is 1.52.